The number of anilines is 1. The van der Waals surface area contributed by atoms with E-state index in [4.69, 9.17) is 4.74 Å². The number of methoxy groups -OCH3 is 1. The molecule has 1 fully saturated rings. The van der Waals surface area contributed by atoms with Gasteiger partial charge in [0.25, 0.3) is 0 Å². The van der Waals surface area contributed by atoms with Gasteiger partial charge in [0.15, 0.2) is 0 Å². The van der Waals surface area contributed by atoms with E-state index in [0.717, 1.165) is 0 Å². The second kappa shape index (κ2) is 5.65. The molecular formula is C11H12BrFN2O4S. The molecule has 2 rings (SSSR count). The van der Waals surface area contributed by atoms with E-state index in [1.54, 1.807) is 6.07 Å². The summed E-state index contributed by atoms with van der Waals surface area (Å²) < 4.78 is 39.6. The number of aromatic nitrogens is 1. The zero-order chi connectivity index (χ0) is 14.9. The summed E-state index contributed by atoms with van der Waals surface area (Å²) in [6, 6.07) is 1.56. The molecule has 1 aromatic rings. The highest BCUT2D eigenvalue weighted by Crippen LogP contribution is 2.33. The van der Waals surface area contributed by atoms with E-state index in [9.17, 15) is 17.1 Å². The van der Waals surface area contributed by atoms with E-state index in [1.165, 1.54) is 18.2 Å². The molecule has 20 heavy (non-hydrogen) atoms. The molecule has 9 heteroatoms. The Kier molecular flexibility index (Phi) is 4.28. The highest BCUT2D eigenvalue weighted by atomic mass is 79.9. The van der Waals surface area contributed by atoms with Gasteiger partial charge in [-0.2, -0.15) is 8.42 Å². The molecule has 1 aliphatic rings. The van der Waals surface area contributed by atoms with E-state index in [0.29, 0.717) is 16.0 Å². The SMILES string of the molecule is COc1cc(N2CC(CS(=O)(=O)F)CC2=O)c(Br)cn1. The molecule has 1 aliphatic heterocycles. The molecule has 110 valence electrons. The van der Waals surface area contributed by atoms with Crippen molar-refractivity contribution in [1.29, 1.82) is 0 Å². The third-order valence-corrected chi connectivity index (χ3v) is 4.43. The van der Waals surface area contributed by atoms with Crippen LogP contribution in [0.25, 0.3) is 0 Å². The molecule has 0 aliphatic carbocycles. The Bertz CT molecular complexity index is 637. The van der Waals surface area contributed by atoms with Gasteiger partial charge in [-0.15, -0.1) is 3.89 Å². The number of hydrogen-bond acceptors (Lipinski definition) is 5. The highest BCUT2D eigenvalue weighted by molar-refractivity contribution is 9.10. The van der Waals surface area contributed by atoms with E-state index < -0.39 is 21.9 Å². The van der Waals surface area contributed by atoms with Crippen molar-refractivity contribution in [3.8, 4) is 5.88 Å². The number of carbonyl (C=O) groups is 1. The lowest BCUT2D eigenvalue weighted by atomic mass is 10.1. The first-order valence-electron chi connectivity index (χ1n) is 5.72. The number of rotatable bonds is 4. The van der Waals surface area contributed by atoms with Gasteiger partial charge in [-0.05, 0) is 15.9 Å². The Morgan fingerprint density at radius 2 is 2.30 bits per heavy atom. The van der Waals surface area contributed by atoms with Crippen LogP contribution in [0, 0.1) is 5.92 Å². The zero-order valence-electron chi connectivity index (χ0n) is 10.5. The monoisotopic (exact) mass is 366 g/mol. The van der Waals surface area contributed by atoms with Crippen LogP contribution < -0.4 is 9.64 Å². The van der Waals surface area contributed by atoms with Crippen molar-refractivity contribution >= 4 is 37.7 Å². The maximum atomic E-state index is 12.7. The second-order valence-corrected chi connectivity index (χ2v) is 6.72. The van der Waals surface area contributed by atoms with Crippen LogP contribution in [0.5, 0.6) is 5.88 Å². The molecule has 1 saturated heterocycles. The number of amides is 1. The largest absolute Gasteiger partial charge is 0.481 e. The lowest BCUT2D eigenvalue weighted by Crippen LogP contribution is -2.25. The number of halogens is 2. The van der Waals surface area contributed by atoms with Crippen LogP contribution in [0.1, 0.15) is 6.42 Å². The fourth-order valence-corrected chi connectivity index (χ4v) is 3.35. The number of ether oxygens (including phenoxy) is 1. The van der Waals surface area contributed by atoms with Crippen LogP contribution in [-0.4, -0.2) is 38.7 Å². The summed E-state index contributed by atoms with van der Waals surface area (Å²) in [6.45, 7) is 0.147. The van der Waals surface area contributed by atoms with Crippen LogP contribution in [0.15, 0.2) is 16.7 Å². The normalized spacial score (nSPS) is 19.4. The summed E-state index contributed by atoms with van der Waals surface area (Å²) in [5.74, 6) is -1.12. The van der Waals surface area contributed by atoms with E-state index in [2.05, 4.69) is 20.9 Å². The maximum Gasteiger partial charge on any atom is 0.302 e. The third-order valence-electron chi connectivity index (χ3n) is 2.95. The topological polar surface area (TPSA) is 76.6 Å². The van der Waals surface area contributed by atoms with Gasteiger partial charge in [-0.3, -0.25) is 4.79 Å². The van der Waals surface area contributed by atoms with Gasteiger partial charge in [0.1, 0.15) is 0 Å². The lowest BCUT2D eigenvalue weighted by molar-refractivity contribution is -0.117. The van der Waals surface area contributed by atoms with Crippen LogP contribution in [0.4, 0.5) is 9.57 Å². The van der Waals surface area contributed by atoms with Crippen molar-refractivity contribution in [2.45, 2.75) is 6.42 Å². The zero-order valence-corrected chi connectivity index (χ0v) is 12.9. The van der Waals surface area contributed by atoms with Gasteiger partial charge in [-0.25, -0.2) is 4.98 Å². The average Bonchev–Trinajstić information content (AvgIpc) is 2.68. The van der Waals surface area contributed by atoms with E-state index in [1.807, 2.05) is 0 Å². The van der Waals surface area contributed by atoms with Crippen LogP contribution in [-0.2, 0) is 15.0 Å². The first kappa shape index (κ1) is 15.2. The van der Waals surface area contributed by atoms with Gasteiger partial charge >= 0.3 is 10.2 Å². The summed E-state index contributed by atoms with van der Waals surface area (Å²) in [4.78, 5) is 17.3. The van der Waals surface area contributed by atoms with Crippen molar-refractivity contribution < 1.29 is 21.8 Å². The molecule has 0 saturated carbocycles. The molecule has 1 unspecified atom stereocenters. The fraction of sp³-hybridized carbons (Fsp3) is 0.455. The van der Waals surface area contributed by atoms with Crippen molar-refractivity contribution in [2.24, 2.45) is 5.92 Å². The fourth-order valence-electron chi connectivity index (χ4n) is 2.14. The lowest BCUT2D eigenvalue weighted by Gasteiger charge is -2.18. The van der Waals surface area contributed by atoms with Crippen LogP contribution in [0.3, 0.4) is 0 Å². The van der Waals surface area contributed by atoms with E-state index in [-0.39, 0.29) is 18.9 Å². The number of carbonyl (C=O) groups excluding carboxylic acids is 1. The Morgan fingerprint density at radius 3 is 2.90 bits per heavy atom. The molecule has 1 aromatic heterocycles. The Morgan fingerprint density at radius 1 is 1.60 bits per heavy atom. The molecule has 1 amide bonds. The summed E-state index contributed by atoms with van der Waals surface area (Å²) in [5, 5.41) is 0. The summed E-state index contributed by atoms with van der Waals surface area (Å²) in [7, 11) is -3.14. The van der Waals surface area contributed by atoms with Crippen LogP contribution >= 0.6 is 15.9 Å². The minimum absolute atomic E-state index is 0.000227. The van der Waals surface area contributed by atoms with Gasteiger partial charge in [0, 0.05) is 31.1 Å². The molecule has 1 atom stereocenters. The van der Waals surface area contributed by atoms with E-state index >= 15 is 0 Å². The molecule has 6 nitrogen and oxygen atoms in total. The third kappa shape index (κ3) is 3.45. The van der Waals surface area contributed by atoms with Crippen molar-refractivity contribution in [1.82, 2.24) is 4.98 Å². The van der Waals surface area contributed by atoms with Gasteiger partial charge < -0.3 is 9.64 Å². The number of hydrogen-bond donors (Lipinski definition) is 0. The summed E-state index contributed by atoms with van der Waals surface area (Å²) >= 11 is 3.27. The molecule has 0 bridgehead atoms. The van der Waals surface area contributed by atoms with Crippen molar-refractivity contribution in [3.63, 3.8) is 0 Å². The summed E-state index contributed by atoms with van der Waals surface area (Å²) in [5.41, 5.74) is 0.528. The standard InChI is InChI=1S/C11H12BrFN2O4S/c1-19-10-3-9(8(12)4-14-10)15-5-7(2-11(15)16)6-20(13,17)18/h3-4,7H,2,5-6H2,1H3. The Balaban J connectivity index is 2.24. The quantitative estimate of drug-likeness (QED) is 0.754. The van der Waals surface area contributed by atoms with Crippen molar-refractivity contribution in [3.05, 3.63) is 16.7 Å². The van der Waals surface area contributed by atoms with Gasteiger partial charge in [0.05, 0.1) is 23.0 Å². The second-order valence-electron chi connectivity index (χ2n) is 4.46. The molecule has 0 aromatic carbocycles. The average molecular weight is 367 g/mol. The smallest absolute Gasteiger partial charge is 0.302 e. The molecule has 2 heterocycles. The summed E-state index contributed by atoms with van der Waals surface area (Å²) in [6.07, 6.45) is 1.49. The van der Waals surface area contributed by atoms with Crippen LogP contribution in [0.2, 0.25) is 0 Å². The first-order valence-corrected chi connectivity index (χ1v) is 8.07. The minimum Gasteiger partial charge on any atom is -0.481 e. The molecular weight excluding hydrogens is 355 g/mol. The Labute approximate surface area is 124 Å². The maximum absolute atomic E-state index is 12.7. The highest BCUT2D eigenvalue weighted by Gasteiger charge is 2.34. The number of pyridine rings is 1. The number of nitrogens with zero attached hydrogens (tertiary/aromatic N) is 2. The van der Waals surface area contributed by atoms with Gasteiger partial charge in [-0.1, -0.05) is 0 Å². The predicted octanol–water partition coefficient (Wildman–Crippen LogP) is 1.50. The molecule has 0 spiro atoms. The Hall–Kier alpha value is -1.22. The first-order chi connectivity index (χ1) is 9.30. The molecule has 0 N–H and O–H groups in total. The molecule has 0 radical (unpaired) electrons. The minimum atomic E-state index is -4.59. The van der Waals surface area contributed by atoms with Crippen molar-refractivity contribution in [2.75, 3.05) is 24.3 Å². The predicted molar refractivity (Wildman–Crippen MR) is 73.8 cm³/mol. The van der Waals surface area contributed by atoms with Gasteiger partial charge in [0.2, 0.25) is 11.8 Å².